The van der Waals surface area contributed by atoms with E-state index in [1.165, 1.54) is 36.4 Å². The highest BCUT2D eigenvalue weighted by molar-refractivity contribution is 7.95. The Hall–Kier alpha value is -7.00. The molecule has 0 unspecified atom stereocenters. The van der Waals surface area contributed by atoms with E-state index in [0.29, 0.717) is 99.4 Å². The Kier molecular flexibility index (Phi) is 24.8. The van der Waals surface area contributed by atoms with Crippen LogP contribution in [0, 0.1) is 0 Å². The van der Waals surface area contributed by atoms with Gasteiger partial charge in [-0.2, -0.15) is 39.5 Å². The summed E-state index contributed by atoms with van der Waals surface area (Å²) in [5.41, 5.74) is -1.40. The van der Waals surface area contributed by atoms with Crippen LogP contribution in [0.15, 0.2) is 164 Å². The lowest BCUT2D eigenvalue weighted by Crippen LogP contribution is -2.59. The number of carbonyl (C=O) groups excluding carboxylic acids is 4. The molecule has 1 N–H and O–H groups in total. The van der Waals surface area contributed by atoms with Crippen molar-refractivity contribution in [1.82, 2.24) is 5.32 Å². The number of alkyl halides is 9. The Morgan fingerprint density at radius 3 is 0.940 bits per heavy atom. The third-order valence-electron chi connectivity index (χ3n) is 14.3. The quantitative estimate of drug-likeness (QED) is 0.0147. The van der Waals surface area contributed by atoms with Gasteiger partial charge in [0.05, 0.1) is 22.9 Å². The smallest absolute Gasteiger partial charge is 0.416 e. The van der Waals surface area contributed by atoms with Gasteiger partial charge >= 0.3 is 36.4 Å². The van der Waals surface area contributed by atoms with Crippen LogP contribution in [-0.4, -0.2) is 55.3 Å². The molecular weight excluding hydrogens is 1110 g/mol. The van der Waals surface area contributed by atoms with E-state index in [2.05, 4.69) is 5.32 Å². The van der Waals surface area contributed by atoms with Gasteiger partial charge in [0.1, 0.15) is 48.5 Å². The lowest BCUT2D eigenvalue weighted by molar-refractivity contribution is -0.159. The number of halogens is 9. The van der Waals surface area contributed by atoms with Crippen LogP contribution >= 0.6 is 7.26 Å². The molecule has 6 aromatic carbocycles. The van der Waals surface area contributed by atoms with Gasteiger partial charge in [0, 0.05) is 25.7 Å². The third kappa shape index (κ3) is 21.3. The van der Waals surface area contributed by atoms with E-state index in [1.807, 2.05) is 91.0 Å². The van der Waals surface area contributed by atoms with Crippen LogP contribution in [0.5, 0.6) is 0 Å². The molecular formula is C65H70F9NO7P+. The van der Waals surface area contributed by atoms with Crippen LogP contribution in [0.1, 0.15) is 123 Å². The number of hydrogen-bond acceptors (Lipinski definition) is 7. The Morgan fingerprint density at radius 1 is 0.349 bits per heavy atom. The maximum atomic E-state index is 13.9. The number of esters is 3. The molecule has 1 amide bonds. The van der Waals surface area contributed by atoms with E-state index in [9.17, 15) is 58.7 Å². The molecule has 0 heterocycles. The number of ether oxygens (including phenoxy) is 3. The first kappa shape index (κ1) is 65.2. The number of nitrogens with one attached hydrogen (secondary N) is 1. The van der Waals surface area contributed by atoms with Gasteiger partial charge in [0.15, 0.2) is 0 Å². The predicted molar refractivity (Wildman–Crippen MR) is 304 cm³/mol. The molecule has 0 radical (unpaired) electrons. The molecule has 6 aromatic rings. The first-order valence-corrected chi connectivity index (χ1v) is 29.9. The number of amides is 1. The summed E-state index contributed by atoms with van der Waals surface area (Å²) < 4.78 is 141. The molecule has 6 rings (SSSR count). The van der Waals surface area contributed by atoms with Gasteiger partial charge in [-0.15, -0.1) is 0 Å². The molecule has 18 heteroatoms. The summed E-state index contributed by atoms with van der Waals surface area (Å²) in [5.74, 6) is -2.15. The van der Waals surface area contributed by atoms with Crippen molar-refractivity contribution in [3.63, 3.8) is 0 Å². The normalized spacial score (nSPS) is 12.2. The van der Waals surface area contributed by atoms with Gasteiger partial charge in [-0.1, -0.05) is 117 Å². The summed E-state index contributed by atoms with van der Waals surface area (Å²) in [7, 11) is -3.18. The molecule has 0 aliphatic heterocycles. The summed E-state index contributed by atoms with van der Waals surface area (Å²) in [4.78, 5) is 53.6. The highest BCUT2D eigenvalue weighted by Crippen LogP contribution is 2.57. The second-order valence-electron chi connectivity index (χ2n) is 20.7. The number of carbonyl (C=O) groups is 4. The van der Waals surface area contributed by atoms with Gasteiger partial charge in [-0.25, -0.2) is 0 Å². The predicted octanol–water partition coefficient (Wildman–Crippen LogP) is 14.7. The zero-order chi connectivity index (χ0) is 59.8. The van der Waals surface area contributed by atoms with Crippen LogP contribution in [0.2, 0.25) is 0 Å². The van der Waals surface area contributed by atoms with Crippen LogP contribution < -0.4 is 21.2 Å². The van der Waals surface area contributed by atoms with Crippen molar-refractivity contribution in [3.8, 4) is 0 Å². The molecule has 0 spiro atoms. The first-order chi connectivity index (χ1) is 39.6. The maximum Gasteiger partial charge on any atom is 0.416 e. The van der Waals surface area contributed by atoms with Crippen molar-refractivity contribution in [3.05, 3.63) is 197 Å². The number of unbranched alkanes of at least 4 members (excludes halogenated alkanes) is 6. The number of hydrogen-bond donors (Lipinski definition) is 1. The molecule has 444 valence electrons. The minimum absolute atomic E-state index is 0.00318. The maximum absolute atomic E-state index is 13.9. The van der Waals surface area contributed by atoms with Gasteiger partial charge in [-0.05, 0) is 147 Å². The lowest BCUT2D eigenvalue weighted by atomic mass is 10.0. The zero-order valence-electron chi connectivity index (χ0n) is 46.1. The first-order valence-electron chi connectivity index (χ1n) is 28.0. The van der Waals surface area contributed by atoms with E-state index in [4.69, 9.17) is 14.2 Å². The van der Waals surface area contributed by atoms with Gasteiger partial charge < -0.3 is 19.5 Å². The van der Waals surface area contributed by atoms with E-state index in [0.717, 1.165) is 53.1 Å². The molecule has 83 heavy (non-hydrogen) atoms. The minimum Gasteiger partial charge on any atom is -0.463 e. The van der Waals surface area contributed by atoms with Crippen molar-refractivity contribution < 1.29 is 72.9 Å². The largest absolute Gasteiger partial charge is 0.463 e. The fourth-order valence-electron chi connectivity index (χ4n) is 9.78. The van der Waals surface area contributed by atoms with E-state index in [-0.39, 0.29) is 31.8 Å². The zero-order valence-corrected chi connectivity index (χ0v) is 47.0. The molecule has 0 aliphatic rings. The molecule has 0 saturated carbocycles. The van der Waals surface area contributed by atoms with Crippen LogP contribution in [0.3, 0.4) is 0 Å². The third-order valence-corrected chi connectivity index (χ3v) is 18.8. The average Bonchev–Trinajstić information content (AvgIpc) is 2.13. The standard InChI is InChI=1S/C65H69F9NO7P/c66-63(67,68)52-33-39-55(40-34-52)83(56-41-35-53(36-42-56)64(69,70)71,57-43-37-54(38-44-57)65(72,73)74)45-16-5-3-1-2-4-15-29-58(76)75-62(46-80-59(77)30-17-26-49-20-9-6-10-21-49,47-81-60(78)31-18-27-50-22-11-7-12-23-50)48-82-61(79)32-19-28-51-24-13-8-14-25-51/h6-14,20-25,33-44H,1-5,15-19,26-32,45-48H2/p+1. The number of rotatable bonds is 32. The lowest BCUT2D eigenvalue weighted by Gasteiger charge is -2.33. The molecule has 0 bridgehead atoms. The van der Waals surface area contributed by atoms with Crippen LogP contribution in [0.25, 0.3) is 0 Å². The Labute approximate surface area is 479 Å². The topological polar surface area (TPSA) is 108 Å². The Morgan fingerprint density at radius 2 is 0.639 bits per heavy atom. The van der Waals surface area contributed by atoms with Gasteiger partial charge in [0.2, 0.25) is 5.91 Å². The van der Waals surface area contributed by atoms with Crippen LogP contribution in [0.4, 0.5) is 39.5 Å². The summed E-state index contributed by atoms with van der Waals surface area (Å²) >= 11 is 0. The van der Waals surface area contributed by atoms with Crippen molar-refractivity contribution in [1.29, 1.82) is 0 Å². The SMILES string of the molecule is O=C(CCCCCCCCC[P+](c1ccc(C(F)(F)F)cc1)(c1ccc(C(F)(F)F)cc1)c1ccc(C(F)(F)F)cc1)NC(COC(=O)CCCc1ccccc1)(COC(=O)CCCc1ccccc1)COC(=O)CCCc1ccccc1. The fourth-order valence-corrected chi connectivity index (χ4v) is 14.1. The van der Waals surface area contributed by atoms with E-state index >= 15 is 0 Å². The second kappa shape index (κ2) is 31.6. The monoisotopic (exact) mass is 1180 g/mol. The van der Waals surface area contributed by atoms with Gasteiger partial charge in [-0.3, -0.25) is 19.2 Å². The highest BCUT2D eigenvalue weighted by Gasteiger charge is 2.47. The Balaban J connectivity index is 1.10. The van der Waals surface area contributed by atoms with Crippen molar-refractivity contribution in [2.45, 2.75) is 133 Å². The van der Waals surface area contributed by atoms with Crippen molar-refractivity contribution >= 4 is 47.0 Å². The summed E-state index contributed by atoms with van der Waals surface area (Å²) in [6.07, 6.45) is -6.46. The molecule has 0 atom stereocenters. The molecule has 8 nitrogen and oxygen atoms in total. The summed E-state index contributed by atoms with van der Waals surface area (Å²) in [6.45, 7) is -1.38. The van der Waals surface area contributed by atoms with Crippen molar-refractivity contribution in [2.75, 3.05) is 26.0 Å². The molecule has 0 fully saturated rings. The van der Waals surface area contributed by atoms with Crippen LogP contribution in [-0.2, 0) is 71.2 Å². The second-order valence-corrected chi connectivity index (χ2v) is 24.3. The molecule has 0 aromatic heterocycles. The van der Waals surface area contributed by atoms with E-state index < -0.39 is 91.7 Å². The minimum atomic E-state index is -4.70. The highest BCUT2D eigenvalue weighted by atomic mass is 31.2. The molecule has 0 saturated heterocycles. The summed E-state index contributed by atoms with van der Waals surface area (Å²) in [6, 6.07) is 41.6. The van der Waals surface area contributed by atoms with Crippen molar-refractivity contribution in [2.24, 2.45) is 0 Å². The fraction of sp³-hybridized carbons (Fsp3) is 0.385. The average molecular weight is 1180 g/mol. The van der Waals surface area contributed by atoms with Gasteiger partial charge in [0.25, 0.3) is 0 Å². The summed E-state index contributed by atoms with van der Waals surface area (Å²) in [5, 5.41) is 3.99. The molecule has 0 aliphatic carbocycles. The Bertz CT molecular complexity index is 2630. The number of benzene rings is 6. The van der Waals surface area contributed by atoms with E-state index in [1.54, 1.807) is 0 Å². The number of aryl methyl sites for hydroxylation is 3.